The van der Waals surface area contributed by atoms with Crippen LogP contribution in [-0.4, -0.2) is 9.79 Å². The Labute approximate surface area is 190 Å². The smallest absolute Gasteiger partial charge is 0.320 e. The number of hydrogen-bond donors (Lipinski definition) is 2. The van der Waals surface area contributed by atoms with E-state index >= 15 is 0 Å². The lowest BCUT2D eigenvalue weighted by molar-refractivity contribution is -0.0881. The molecule has 178 valence electrons. The predicted octanol–water partition coefficient (Wildman–Crippen LogP) is 7.00. The van der Waals surface area contributed by atoms with Gasteiger partial charge in [0, 0.05) is 17.1 Å². The Morgan fingerprint density at radius 2 is 1.33 bits per heavy atom. The summed E-state index contributed by atoms with van der Waals surface area (Å²) < 4.78 is 81.1. The monoisotopic (exact) mass is 524 g/mol. The molecule has 0 saturated carbocycles. The molecule has 0 radical (unpaired) electrons. The number of hydrogen-bond acceptors (Lipinski definition) is 5. The van der Waals surface area contributed by atoms with Crippen molar-refractivity contribution in [1.29, 1.82) is 0 Å². The Hall–Kier alpha value is -1.71. The molecule has 0 aromatic heterocycles. The zero-order chi connectivity index (χ0) is 24.3. The maximum Gasteiger partial charge on any atom is 0.399 e. The van der Waals surface area contributed by atoms with Crippen LogP contribution in [0.5, 0.6) is 0 Å². The molecule has 0 bridgehead atoms. The second kappa shape index (κ2) is 10.3. The molecule has 13 heteroatoms. The van der Waals surface area contributed by atoms with E-state index in [1.807, 2.05) is 6.07 Å². The number of thioether (sulfide) groups is 1. The molecule has 3 aromatic rings. The summed E-state index contributed by atoms with van der Waals surface area (Å²) in [5, 5.41) is 1.08. The van der Waals surface area contributed by atoms with Crippen molar-refractivity contribution in [3.05, 3.63) is 82.9 Å². The molecule has 0 aliphatic heterocycles. The van der Waals surface area contributed by atoms with E-state index in [9.17, 15) is 27.0 Å². The zero-order valence-corrected chi connectivity index (χ0v) is 19.3. The number of alkyl halides is 2. The first-order chi connectivity index (χ1) is 15.5. The SMILES string of the molecule is O=P(Cc1ccc(CSCc2ccc3ccc(C(F)(F)P(=O)(O)O)cc3c2)cc1)(OF)OF. The van der Waals surface area contributed by atoms with E-state index in [-0.39, 0.29) is 0 Å². The summed E-state index contributed by atoms with van der Waals surface area (Å²) >= 11 is 1.51. The molecule has 0 saturated heterocycles. The van der Waals surface area contributed by atoms with E-state index in [4.69, 9.17) is 9.79 Å². The van der Waals surface area contributed by atoms with Crippen LogP contribution in [0.3, 0.4) is 0 Å². The lowest BCUT2D eigenvalue weighted by atomic mass is 10.0. The Balaban J connectivity index is 1.65. The third kappa shape index (κ3) is 6.25. The van der Waals surface area contributed by atoms with E-state index < -0.39 is 32.6 Å². The fraction of sp³-hybridized carbons (Fsp3) is 0.200. The first-order valence-corrected chi connectivity index (χ1v) is 13.8. The van der Waals surface area contributed by atoms with E-state index in [1.54, 1.807) is 36.4 Å². The van der Waals surface area contributed by atoms with E-state index in [0.717, 1.165) is 23.3 Å². The highest BCUT2D eigenvalue weighted by Gasteiger charge is 2.50. The van der Waals surface area contributed by atoms with Gasteiger partial charge in [-0.05, 0) is 42.6 Å². The van der Waals surface area contributed by atoms with E-state index in [2.05, 4.69) is 9.46 Å². The lowest BCUT2D eigenvalue weighted by Gasteiger charge is -2.18. The Bertz CT molecular complexity index is 1210. The maximum atomic E-state index is 14.0. The second-order valence-electron chi connectivity index (χ2n) is 7.20. The molecule has 0 fully saturated rings. The molecule has 0 atom stereocenters. The summed E-state index contributed by atoms with van der Waals surface area (Å²) in [4.78, 5) is 17.9. The minimum atomic E-state index is -5.66. The van der Waals surface area contributed by atoms with Gasteiger partial charge in [-0.15, -0.1) is 9.46 Å². The fourth-order valence-electron chi connectivity index (χ4n) is 3.05. The first kappa shape index (κ1) is 25.9. The van der Waals surface area contributed by atoms with Crippen LogP contribution in [0.1, 0.15) is 22.3 Å². The number of benzene rings is 3. The standard InChI is InChI=1S/C20H18F4O6P2S/c21-20(22,32(26,27)28)19-8-7-17-6-5-16(9-18(17)10-19)13-33-12-15-3-1-14(2-4-15)11-31(25,29-23)30-24/h1-10H,11-13H2,(H2,26,27,28). The van der Waals surface area contributed by atoms with Crippen LogP contribution in [0.2, 0.25) is 0 Å². The molecule has 6 nitrogen and oxygen atoms in total. The quantitative estimate of drug-likeness (QED) is 0.218. The van der Waals surface area contributed by atoms with Crippen LogP contribution in [0.25, 0.3) is 10.8 Å². The largest absolute Gasteiger partial charge is 0.399 e. The zero-order valence-electron chi connectivity index (χ0n) is 16.7. The first-order valence-electron chi connectivity index (χ1n) is 9.29. The van der Waals surface area contributed by atoms with Crippen LogP contribution in [0.15, 0.2) is 60.7 Å². The highest BCUT2D eigenvalue weighted by Crippen LogP contribution is 2.59. The van der Waals surface area contributed by atoms with Crippen LogP contribution in [-0.2, 0) is 41.9 Å². The van der Waals surface area contributed by atoms with Crippen molar-refractivity contribution in [3.8, 4) is 0 Å². The van der Waals surface area contributed by atoms with E-state index in [1.165, 1.54) is 17.8 Å². The Kier molecular flexibility index (Phi) is 8.07. The highest BCUT2D eigenvalue weighted by atomic mass is 32.2. The Morgan fingerprint density at radius 1 is 0.788 bits per heavy atom. The summed E-state index contributed by atoms with van der Waals surface area (Å²) in [5.41, 5.74) is -2.97. The highest BCUT2D eigenvalue weighted by molar-refractivity contribution is 7.97. The van der Waals surface area contributed by atoms with Gasteiger partial charge in [0.1, 0.15) is 0 Å². The maximum absolute atomic E-state index is 14.0. The number of rotatable bonds is 10. The van der Waals surface area contributed by atoms with Crippen molar-refractivity contribution in [2.45, 2.75) is 23.3 Å². The predicted molar refractivity (Wildman–Crippen MR) is 117 cm³/mol. The van der Waals surface area contributed by atoms with Gasteiger partial charge >= 0.3 is 20.9 Å². The van der Waals surface area contributed by atoms with E-state index in [0.29, 0.717) is 27.8 Å². The van der Waals surface area contributed by atoms with Crippen LogP contribution < -0.4 is 0 Å². The fourth-order valence-corrected chi connectivity index (χ4v) is 5.25. The van der Waals surface area contributed by atoms with Crippen molar-refractivity contribution in [2.75, 3.05) is 0 Å². The van der Waals surface area contributed by atoms with Crippen molar-refractivity contribution < 1.29 is 46.2 Å². The summed E-state index contributed by atoms with van der Waals surface area (Å²) in [6.07, 6.45) is -0.562. The van der Waals surface area contributed by atoms with Gasteiger partial charge in [0.25, 0.3) is 0 Å². The van der Waals surface area contributed by atoms with Crippen LogP contribution in [0, 0.1) is 0 Å². The van der Waals surface area contributed by atoms with Crippen molar-refractivity contribution in [3.63, 3.8) is 0 Å². The summed E-state index contributed by atoms with van der Waals surface area (Å²) in [7, 11) is -10.1. The average molecular weight is 524 g/mol. The lowest BCUT2D eigenvalue weighted by Crippen LogP contribution is -2.13. The molecule has 0 aliphatic carbocycles. The molecule has 0 heterocycles. The van der Waals surface area contributed by atoms with Gasteiger partial charge in [0.05, 0.1) is 6.16 Å². The molecule has 3 aromatic carbocycles. The molecule has 33 heavy (non-hydrogen) atoms. The minimum Gasteiger partial charge on any atom is -0.320 e. The molecular weight excluding hydrogens is 506 g/mol. The van der Waals surface area contributed by atoms with Gasteiger partial charge in [-0.25, -0.2) is 0 Å². The average Bonchev–Trinajstić information content (AvgIpc) is 2.79. The van der Waals surface area contributed by atoms with Gasteiger partial charge in [-0.2, -0.15) is 20.5 Å². The second-order valence-corrected chi connectivity index (χ2v) is 11.6. The number of fused-ring (bicyclic) bond motifs is 1. The Morgan fingerprint density at radius 3 is 1.94 bits per heavy atom. The molecule has 0 amide bonds. The topological polar surface area (TPSA) is 93.1 Å². The molecule has 2 N–H and O–H groups in total. The molecule has 0 unspecified atom stereocenters. The molecule has 0 spiro atoms. The third-order valence-corrected chi connectivity index (χ3v) is 8.00. The number of halogens is 4. The molecule has 0 aliphatic rings. The summed E-state index contributed by atoms with van der Waals surface area (Å²) in [5.74, 6) is 1.09. The minimum absolute atomic E-state index is 0.361. The third-order valence-electron chi connectivity index (χ3n) is 4.76. The van der Waals surface area contributed by atoms with Crippen molar-refractivity contribution in [1.82, 2.24) is 0 Å². The van der Waals surface area contributed by atoms with Gasteiger partial charge in [0.2, 0.25) is 0 Å². The van der Waals surface area contributed by atoms with Gasteiger partial charge in [-0.3, -0.25) is 9.13 Å². The van der Waals surface area contributed by atoms with Crippen LogP contribution >= 0.6 is 27.0 Å². The summed E-state index contributed by atoms with van der Waals surface area (Å²) in [6, 6.07) is 15.2. The molecule has 3 rings (SSSR count). The van der Waals surface area contributed by atoms with Crippen molar-refractivity contribution >= 4 is 37.7 Å². The van der Waals surface area contributed by atoms with Crippen LogP contribution in [0.4, 0.5) is 17.8 Å². The van der Waals surface area contributed by atoms with Crippen molar-refractivity contribution in [2.24, 2.45) is 0 Å². The normalized spacial score (nSPS) is 12.9. The summed E-state index contributed by atoms with van der Waals surface area (Å²) in [6.45, 7) is 0. The van der Waals surface area contributed by atoms with Gasteiger partial charge < -0.3 is 9.79 Å². The van der Waals surface area contributed by atoms with Gasteiger partial charge in [0.15, 0.2) is 0 Å². The van der Waals surface area contributed by atoms with Gasteiger partial charge in [-0.1, -0.05) is 54.6 Å². The molecular formula is C20H18F4O6P2S.